The molecule has 0 radical (unpaired) electrons. The molecule has 0 saturated carbocycles. The Morgan fingerprint density at radius 1 is 1.27 bits per heavy atom. The van der Waals surface area contributed by atoms with Gasteiger partial charge in [0.2, 0.25) is 5.91 Å². The second-order valence-corrected chi connectivity index (χ2v) is 7.70. The van der Waals surface area contributed by atoms with E-state index in [9.17, 15) is 9.90 Å². The smallest absolute Gasteiger partial charge is 0.223 e. The van der Waals surface area contributed by atoms with Crippen LogP contribution in [0.4, 0.5) is 0 Å². The molecule has 166 valence electrons. The van der Waals surface area contributed by atoms with Crippen molar-refractivity contribution in [2.45, 2.75) is 59.9 Å². The molecule has 0 bridgehead atoms. The fraction of sp³-hybridized carbons (Fsp3) is 0.440. The Kier molecular flexibility index (Phi) is 15.3. The molecule has 0 spiro atoms. The van der Waals surface area contributed by atoms with Gasteiger partial charge in [-0.15, -0.1) is 0 Å². The van der Waals surface area contributed by atoms with Crippen LogP contribution < -0.4 is 5.32 Å². The lowest BCUT2D eigenvalue weighted by atomic mass is 9.97. The van der Waals surface area contributed by atoms with Crippen LogP contribution in [0.3, 0.4) is 0 Å². The van der Waals surface area contributed by atoms with Gasteiger partial charge >= 0.3 is 0 Å². The molecule has 30 heavy (non-hydrogen) atoms. The van der Waals surface area contributed by atoms with E-state index in [0.29, 0.717) is 6.54 Å². The minimum absolute atomic E-state index is 0.123. The van der Waals surface area contributed by atoms with Crippen LogP contribution in [0, 0.1) is 5.92 Å². The Balaban J connectivity index is 0.000000612. The number of phenols is 1. The molecule has 0 fully saturated rings. The monoisotopic (exact) mass is 430 g/mol. The molecule has 2 N–H and O–H groups in total. The molecule has 1 aromatic carbocycles. The Bertz CT molecular complexity index is 732. The number of allylic oxidation sites excluding steroid dienone is 4. The molecule has 0 heterocycles. The molecular weight excluding hydrogens is 392 g/mol. The van der Waals surface area contributed by atoms with Crippen molar-refractivity contribution in [1.29, 1.82) is 0 Å². The number of hydrogen-bond acceptors (Lipinski definition) is 4. The summed E-state index contributed by atoms with van der Waals surface area (Å²) in [6.45, 7) is 16.1. The Hall–Kier alpha value is -2.27. The average molecular weight is 431 g/mol. The van der Waals surface area contributed by atoms with Crippen molar-refractivity contribution in [2.75, 3.05) is 6.26 Å². The van der Waals surface area contributed by atoms with Gasteiger partial charge in [0.15, 0.2) is 0 Å². The van der Waals surface area contributed by atoms with Gasteiger partial charge in [-0.3, -0.25) is 4.79 Å². The van der Waals surface area contributed by atoms with Crippen molar-refractivity contribution in [2.24, 2.45) is 10.3 Å². The van der Waals surface area contributed by atoms with Gasteiger partial charge < -0.3 is 10.4 Å². The highest BCUT2D eigenvalue weighted by atomic mass is 32.2. The number of rotatable bonds is 11. The van der Waals surface area contributed by atoms with E-state index in [1.165, 1.54) is 11.9 Å². The molecule has 0 aliphatic carbocycles. The minimum atomic E-state index is 0.123. The zero-order chi connectivity index (χ0) is 22.9. The topological polar surface area (TPSA) is 61.7 Å². The summed E-state index contributed by atoms with van der Waals surface area (Å²) in [6, 6.07) is 6.98. The molecule has 1 rings (SSSR count). The molecule has 1 amide bonds. The number of amides is 1. The van der Waals surface area contributed by atoms with E-state index in [2.05, 4.69) is 36.7 Å². The predicted molar refractivity (Wildman–Crippen MR) is 133 cm³/mol. The molecule has 1 aromatic rings. The highest BCUT2D eigenvalue weighted by molar-refractivity contribution is 7.97. The van der Waals surface area contributed by atoms with E-state index >= 15 is 0 Å². The average Bonchev–Trinajstić information content (AvgIpc) is 2.70. The van der Waals surface area contributed by atoms with Gasteiger partial charge in [-0.1, -0.05) is 64.1 Å². The van der Waals surface area contributed by atoms with Gasteiger partial charge in [-0.25, -0.2) is 4.40 Å². The van der Waals surface area contributed by atoms with Gasteiger partial charge in [-0.2, -0.15) is 0 Å². The summed E-state index contributed by atoms with van der Waals surface area (Å²) in [5.41, 5.74) is 3.98. The van der Waals surface area contributed by atoms with E-state index in [4.69, 9.17) is 0 Å². The molecule has 4 nitrogen and oxygen atoms in total. The van der Waals surface area contributed by atoms with Crippen LogP contribution in [-0.4, -0.2) is 23.0 Å². The Morgan fingerprint density at radius 3 is 2.37 bits per heavy atom. The number of nitrogens with one attached hydrogen (secondary N) is 1. The SMILES string of the molecule is C=C/C=C(C)\C(=N\SC)C(=C)C.CCCC(CCC)C(=O)NCc1cccc(O)c1. The summed E-state index contributed by atoms with van der Waals surface area (Å²) in [5, 5.41) is 12.3. The molecule has 5 heteroatoms. The lowest BCUT2D eigenvalue weighted by molar-refractivity contribution is -0.125. The zero-order valence-corrected chi connectivity index (χ0v) is 20.0. The molecule has 0 aliphatic rings. The van der Waals surface area contributed by atoms with Crippen LogP contribution in [0.25, 0.3) is 0 Å². The first-order valence-corrected chi connectivity index (χ1v) is 11.6. The summed E-state index contributed by atoms with van der Waals surface area (Å²) in [4.78, 5) is 12.0. The molecule has 0 unspecified atom stereocenters. The molecule has 0 aliphatic heterocycles. The number of hydrogen-bond donors (Lipinski definition) is 2. The number of benzene rings is 1. The number of nitrogens with zero attached hydrogens (tertiary/aromatic N) is 1. The lowest BCUT2D eigenvalue weighted by Gasteiger charge is -2.15. The minimum Gasteiger partial charge on any atom is -0.508 e. The first-order valence-electron chi connectivity index (χ1n) is 10.4. The lowest BCUT2D eigenvalue weighted by Crippen LogP contribution is -2.30. The zero-order valence-electron chi connectivity index (χ0n) is 19.2. The Labute approximate surface area is 187 Å². The van der Waals surface area contributed by atoms with Gasteiger partial charge in [0.1, 0.15) is 5.75 Å². The second kappa shape index (κ2) is 16.5. The summed E-state index contributed by atoms with van der Waals surface area (Å²) in [7, 11) is 0. The van der Waals surface area contributed by atoms with Crippen LogP contribution in [0.2, 0.25) is 0 Å². The third-order valence-electron chi connectivity index (χ3n) is 4.35. The maximum Gasteiger partial charge on any atom is 0.223 e. The van der Waals surface area contributed by atoms with Crippen LogP contribution in [0.15, 0.2) is 65.1 Å². The summed E-state index contributed by atoms with van der Waals surface area (Å²) in [6.07, 6.45) is 9.58. The highest BCUT2D eigenvalue weighted by Gasteiger charge is 2.15. The second-order valence-electron chi connectivity index (χ2n) is 7.15. The van der Waals surface area contributed by atoms with E-state index < -0.39 is 0 Å². The third-order valence-corrected chi connectivity index (χ3v) is 4.72. The van der Waals surface area contributed by atoms with Gasteiger partial charge in [-0.05, 0) is 67.5 Å². The molecule has 0 atom stereocenters. The van der Waals surface area contributed by atoms with Gasteiger partial charge in [0.05, 0.1) is 5.71 Å². The maximum atomic E-state index is 12.0. The first-order chi connectivity index (χ1) is 14.3. The van der Waals surface area contributed by atoms with Crippen molar-refractivity contribution >= 4 is 23.6 Å². The van der Waals surface area contributed by atoms with E-state index in [-0.39, 0.29) is 17.6 Å². The predicted octanol–water partition coefficient (Wildman–Crippen LogP) is 6.64. The first kappa shape index (κ1) is 27.7. The fourth-order valence-electron chi connectivity index (χ4n) is 2.94. The largest absolute Gasteiger partial charge is 0.508 e. The number of aromatic hydroxyl groups is 1. The molecule has 0 saturated heterocycles. The van der Waals surface area contributed by atoms with E-state index in [1.807, 2.05) is 32.2 Å². The van der Waals surface area contributed by atoms with Crippen LogP contribution in [-0.2, 0) is 11.3 Å². The molecule has 0 aromatic heterocycles. The van der Waals surface area contributed by atoms with Crippen LogP contribution >= 0.6 is 11.9 Å². The van der Waals surface area contributed by atoms with Crippen molar-refractivity contribution in [3.63, 3.8) is 0 Å². The molecular formula is C25H38N2O2S. The van der Waals surface area contributed by atoms with E-state index in [1.54, 1.807) is 24.3 Å². The van der Waals surface area contributed by atoms with Crippen molar-refractivity contribution < 1.29 is 9.90 Å². The van der Waals surface area contributed by atoms with Crippen molar-refractivity contribution in [3.05, 3.63) is 66.3 Å². The third kappa shape index (κ3) is 11.7. The van der Waals surface area contributed by atoms with Crippen LogP contribution in [0.1, 0.15) is 58.9 Å². The normalized spacial score (nSPS) is 11.5. The van der Waals surface area contributed by atoms with E-state index in [0.717, 1.165) is 48.1 Å². The van der Waals surface area contributed by atoms with Crippen molar-refractivity contribution in [3.8, 4) is 5.75 Å². The quantitative estimate of drug-likeness (QED) is 0.235. The van der Waals surface area contributed by atoms with Gasteiger partial charge in [0.25, 0.3) is 0 Å². The number of phenolic OH excluding ortho intramolecular Hbond substituents is 1. The number of carbonyl (C=O) groups is 1. The maximum absolute atomic E-state index is 12.0. The van der Waals surface area contributed by atoms with Crippen LogP contribution in [0.5, 0.6) is 5.75 Å². The Morgan fingerprint density at radius 2 is 1.90 bits per heavy atom. The highest BCUT2D eigenvalue weighted by Crippen LogP contribution is 2.15. The van der Waals surface area contributed by atoms with Crippen molar-refractivity contribution in [1.82, 2.24) is 5.32 Å². The fourth-order valence-corrected chi connectivity index (χ4v) is 3.42. The van der Waals surface area contributed by atoms with Gasteiger partial charge in [0, 0.05) is 18.7 Å². The summed E-state index contributed by atoms with van der Waals surface area (Å²) >= 11 is 1.44. The number of carbonyl (C=O) groups excluding carboxylic acids is 1. The summed E-state index contributed by atoms with van der Waals surface area (Å²) in [5.74, 6) is 0.486. The standard InChI is InChI=1S/C15H23NO2.C10H15NS/c1-3-6-13(7-4-2)15(18)16-11-12-8-5-9-14(17)10-12;1-6-7-9(4)10(8(2)3)11-12-5/h5,8-10,13,17H,3-4,6-7,11H2,1-2H3,(H,16,18);6-7H,1-2H2,3-5H3/b;9-7-,11-10+. The summed E-state index contributed by atoms with van der Waals surface area (Å²) < 4.78 is 4.26.